The molecule has 0 aliphatic heterocycles. The largest absolute Gasteiger partial charge is 0.460 e. The summed E-state index contributed by atoms with van der Waals surface area (Å²) in [5.41, 5.74) is 0.361. The maximum Gasteiger partial charge on any atom is 0.378 e. The Morgan fingerprint density at radius 3 is 2.65 bits per heavy atom. The van der Waals surface area contributed by atoms with Crippen molar-refractivity contribution in [1.29, 1.82) is 0 Å². The Kier molecular flexibility index (Phi) is 4.19. The third kappa shape index (κ3) is 3.25. The van der Waals surface area contributed by atoms with Gasteiger partial charge < -0.3 is 4.74 Å². The molecule has 0 spiro atoms. The number of nitrogens with zero attached hydrogens (tertiary/aromatic N) is 3. The van der Waals surface area contributed by atoms with Crippen LogP contribution in [0.5, 0.6) is 0 Å². The van der Waals surface area contributed by atoms with Crippen LogP contribution in [0.2, 0.25) is 0 Å². The fourth-order valence-corrected chi connectivity index (χ4v) is 1.53. The lowest BCUT2D eigenvalue weighted by atomic mass is 10.1. The van der Waals surface area contributed by atoms with Gasteiger partial charge >= 0.3 is 5.97 Å². The van der Waals surface area contributed by atoms with Crippen molar-refractivity contribution >= 4 is 11.8 Å². The number of rotatable bonds is 5. The van der Waals surface area contributed by atoms with Gasteiger partial charge in [-0.2, -0.15) is 0 Å². The Hall–Kier alpha value is -2.57. The van der Waals surface area contributed by atoms with Crippen molar-refractivity contribution in [3.63, 3.8) is 0 Å². The molecule has 1 heterocycles. The number of carbonyl (C=O) groups is 2. The monoisotopic (exact) mass is 277 g/mol. The van der Waals surface area contributed by atoms with E-state index in [1.165, 1.54) is 35.3 Å². The molecule has 6 nitrogen and oxygen atoms in total. The van der Waals surface area contributed by atoms with E-state index in [-0.39, 0.29) is 24.8 Å². The van der Waals surface area contributed by atoms with Crippen molar-refractivity contribution in [2.24, 2.45) is 0 Å². The van der Waals surface area contributed by atoms with E-state index in [4.69, 9.17) is 4.74 Å². The van der Waals surface area contributed by atoms with Gasteiger partial charge in [-0.15, -0.1) is 5.10 Å². The van der Waals surface area contributed by atoms with Gasteiger partial charge in [-0.3, -0.25) is 4.79 Å². The quantitative estimate of drug-likeness (QED) is 0.611. The number of esters is 1. The molecule has 20 heavy (non-hydrogen) atoms. The SMILES string of the molecule is CCOC(=O)c1ncn(CC(=O)c2ccc(F)cc2)n1. The van der Waals surface area contributed by atoms with E-state index in [0.29, 0.717) is 5.56 Å². The molecule has 0 saturated carbocycles. The van der Waals surface area contributed by atoms with Crippen LogP contribution in [0, 0.1) is 5.82 Å². The second-order valence-corrected chi connectivity index (χ2v) is 3.92. The number of carbonyl (C=O) groups excluding carboxylic acids is 2. The van der Waals surface area contributed by atoms with Gasteiger partial charge in [0.15, 0.2) is 5.78 Å². The first-order valence-electron chi connectivity index (χ1n) is 5.95. The van der Waals surface area contributed by atoms with Gasteiger partial charge in [-0.1, -0.05) is 0 Å². The molecule has 0 fully saturated rings. The van der Waals surface area contributed by atoms with Gasteiger partial charge in [-0.05, 0) is 31.2 Å². The van der Waals surface area contributed by atoms with Crippen LogP contribution in [0.1, 0.15) is 27.9 Å². The maximum atomic E-state index is 12.8. The molecule has 104 valence electrons. The number of ether oxygens (including phenoxy) is 1. The van der Waals surface area contributed by atoms with Crippen molar-refractivity contribution in [2.75, 3.05) is 6.61 Å². The molecule has 0 bridgehead atoms. The number of halogens is 1. The summed E-state index contributed by atoms with van der Waals surface area (Å²) in [5.74, 6) is -1.41. The summed E-state index contributed by atoms with van der Waals surface area (Å²) in [7, 11) is 0. The molecular formula is C13H12FN3O3. The van der Waals surface area contributed by atoms with Gasteiger partial charge in [-0.25, -0.2) is 18.9 Å². The summed E-state index contributed by atoms with van der Waals surface area (Å²) >= 11 is 0. The van der Waals surface area contributed by atoms with E-state index in [1.54, 1.807) is 6.92 Å². The first kappa shape index (κ1) is 13.9. The van der Waals surface area contributed by atoms with Crippen LogP contribution in [-0.4, -0.2) is 33.1 Å². The number of benzene rings is 1. The normalized spacial score (nSPS) is 10.3. The maximum absolute atomic E-state index is 12.8. The van der Waals surface area contributed by atoms with Crippen LogP contribution in [0.15, 0.2) is 30.6 Å². The minimum absolute atomic E-state index is 0.0853. The molecule has 0 atom stereocenters. The predicted molar refractivity (Wildman–Crippen MR) is 66.7 cm³/mol. The van der Waals surface area contributed by atoms with E-state index in [2.05, 4.69) is 10.1 Å². The zero-order valence-corrected chi connectivity index (χ0v) is 10.7. The molecule has 7 heteroatoms. The third-order valence-corrected chi connectivity index (χ3v) is 2.47. The Morgan fingerprint density at radius 2 is 2.00 bits per heavy atom. The lowest BCUT2D eigenvalue weighted by Crippen LogP contribution is -2.13. The van der Waals surface area contributed by atoms with Crippen molar-refractivity contribution < 1.29 is 18.7 Å². The Balaban J connectivity index is 2.05. The molecule has 0 amide bonds. The summed E-state index contributed by atoms with van der Waals surface area (Å²) in [5, 5.41) is 3.85. The molecule has 2 rings (SSSR count). The molecule has 0 saturated heterocycles. The zero-order valence-electron chi connectivity index (χ0n) is 10.7. The highest BCUT2D eigenvalue weighted by Crippen LogP contribution is 2.05. The van der Waals surface area contributed by atoms with Gasteiger partial charge in [0.05, 0.1) is 6.61 Å². The van der Waals surface area contributed by atoms with E-state index >= 15 is 0 Å². The lowest BCUT2D eigenvalue weighted by molar-refractivity contribution is 0.0511. The second kappa shape index (κ2) is 6.05. The summed E-state index contributed by atoms with van der Waals surface area (Å²) < 4.78 is 18.7. The average molecular weight is 277 g/mol. The Bertz CT molecular complexity index is 622. The number of Topliss-reactive ketones (excluding diaryl/α,β-unsaturated/α-hetero) is 1. The van der Waals surface area contributed by atoms with Crippen LogP contribution in [0.4, 0.5) is 4.39 Å². The van der Waals surface area contributed by atoms with Crippen molar-refractivity contribution in [3.05, 3.63) is 47.8 Å². The highest BCUT2D eigenvalue weighted by Gasteiger charge is 2.14. The van der Waals surface area contributed by atoms with Crippen molar-refractivity contribution in [2.45, 2.75) is 13.5 Å². The first-order chi connectivity index (χ1) is 9.60. The molecule has 0 aliphatic carbocycles. The third-order valence-electron chi connectivity index (χ3n) is 2.47. The van der Waals surface area contributed by atoms with Gasteiger partial charge in [0, 0.05) is 5.56 Å². The van der Waals surface area contributed by atoms with Crippen molar-refractivity contribution in [1.82, 2.24) is 14.8 Å². The first-order valence-corrected chi connectivity index (χ1v) is 5.95. The number of aromatic nitrogens is 3. The standard InChI is InChI=1S/C13H12FN3O3/c1-2-20-13(19)12-15-8-17(16-12)7-11(18)9-3-5-10(14)6-4-9/h3-6,8H,2,7H2,1H3. The molecule has 1 aromatic carbocycles. The molecular weight excluding hydrogens is 265 g/mol. The number of ketones is 1. The average Bonchev–Trinajstić information content (AvgIpc) is 2.88. The van der Waals surface area contributed by atoms with E-state index in [1.807, 2.05) is 0 Å². The fourth-order valence-electron chi connectivity index (χ4n) is 1.53. The van der Waals surface area contributed by atoms with E-state index in [9.17, 15) is 14.0 Å². The van der Waals surface area contributed by atoms with Gasteiger partial charge in [0.1, 0.15) is 18.7 Å². The van der Waals surface area contributed by atoms with E-state index in [0.717, 1.165) is 0 Å². The molecule has 1 aromatic heterocycles. The summed E-state index contributed by atoms with van der Waals surface area (Å²) in [6.07, 6.45) is 1.27. The Labute approximate surface area is 114 Å². The molecule has 2 aromatic rings. The van der Waals surface area contributed by atoms with Crippen LogP contribution >= 0.6 is 0 Å². The van der Waals surface area contributed by atoms with Crippen molar-refractivity contribution in [3.8, 4) is 0 Å². The highest BCUT2D eigenvalue weighted by atomic mass is 19.1. The van der Waals surface area contributed by atoms with Crippen LogP contribution in [-0.2, 0) is 11.3 Å². The van der Waals surface area contributed by atoms with Crippen LogP contribution < -0.4 is 0 Å². The molecule has 0 N–H and O–H groups in total. The summed E-state index contributed by atoms with van der Waals surface area (Å²) in [6, 6.07) is 5.19. The van der Waals surface area contributed by atoms with Crippen LogP contribution in [0.25, 0.3) is 0 Å². The minimum Gasteiger partial charge on any atom is -0.460 e. The topological polar surface area (TPSA) is 74.1 Å². The summed E-state index contributed by atoms with van der Waals surface area (Å²) in [6.45, 7) is 1.81. The van der Waals surface area contributed by atoms with Gasteiger partial charge in [0.2, 0.25) is 0 Å². The molecule has 0 unspecified atom stereocenters. The number of hydrogen-bond donors (Lipinski definition) is 0. The summed E-state index contributed by atoms with van der Waals surface area (Å²) in [4.78, 5) is 27.0. The second-order valence-electron chi connectivity index (χ2n) is 3.92. The molecule has 0 aliphatic rings. The molecule has 0 radical (unpaired) electrons. The fraction of sp³-hybridized carbons (Fsp3) is 0.231. The van der Waals surface area contributed by atoms with Crippen LogP contribution in [0.3, 0.4) is 0 Å². The minimum atomic E-state index is -0.638. The highest BCUT2D eigenvalue weighted by molar-refractivity contribution is 5.95. The predicted octanol–water partition coefficient (Wildman–Crippen LogP) is 1.48. The number of hydrogen-bond acceptors (Lipinski definition) is 5. The van der Waals surface area contributed by atoms with E-state index < -0.39 is 11.8 Å². The zero-order chi connectivity index (χ0) is 14.5. The Morgan fingerprint density at radius 1 is 1.30 bits per heavy atom. The smallest absolute Gasteiger partial charge is 0.378 e. The van der Waals surface area contributed by atoms with Gasteiger partial charge in [0.25, 0.3) is 5.82 Å². The lowest BCUT2D eigenvalue weighted by Gasteiger charge is -2.00.